The van der Waals surface area contributed by atoms with Crippen LogP contribution in [0.4, 0.5) is 0 Å². The molecule has 29 heavy (non-hydrogen) atoms. The van der Waals surface area contributed by atoms with Crippen LogP contribution in [0.3, 0.4) is 0 Å². The van der Waals surface area contributed by atoms with E-state index in [-0.39, 0.29) is 12.4 Å². The van der Waals surface area contributed by atoms with Gasteiger partial charge >= 0.3 is 0 Å². The minimum atomic E-state index is -3.43. The van der Waals surface area contributed by atoms with E-state index in [0.29, 0.717) is 49.1 Å². The lowest BCUT2D eigenvalue weighted by atomic mass is 10.1. The van der Waals surface area contributed by atoms with E-state index in [4.69, 9.17) is 14.0 Å². The van der Waals surface area contributed by atoms with Crippen LogP contribution in [-0.2, 0) is 23.0 Å². The van der Waals surface area contributed by atoms with Crippen molar-refractivity contribution in [3.63, 3.8) is 0 Å². The lowest BCUT2D eigenvalue weighted by Gasteiger charge is -2.18. The van der Waals surface area contributed by atoms with Crippen LogP contribution in [-0.4, -0.2) is 48.9 Å². The first-order chi connectivity index (χ1) is 14.0. The van der Waals surface area contributed by atoms with Crippen molar-refractivity contribution in [2.75, 3.05) is 26.0 Å². The number of nitrogens with zero attached hydrogens (tertiary/aromatic N) is 3. The van der Waals surface area contributed by atoms with Crippen LogP contribution < -0.4 is 9.47 Å². The van der Waals surface area contributed by atoms with Gasteiger partial charge in [0.25, 0.3) is 0 Å². The van der Waals surface area contributed by atoms with Gasteiger partial charge < -0.3 is 14.0 Å². The first-order valence-electron chi connectivity index (χ1n) is 9.21. The number of ether oxygens (including phenoxy) is 2. The van der Waals surface area contributed by atoms with E-state index in [1.807, 2.05) is 36.4 Å². The number of fused-ring (bicyclic) bond motifs is 1. The summed E-state index contributed by atoms with van der Waals surface area (Å²) in [6, 6.07) is 15.1. The number of rotatable bonds is 7. The van der Waals surface area contributed by atoms with E-state index in [1.165, 1.54) is 10.6 Å². The van der Waals surface area contributed by atoms with Gasteiger partial charge in [-0.25, -0.2) is 8.42 Å². The van der Waals surface area contributed by atoms with E-state index in [2.05, 4.69) is 10.1 Å². The first kappa shape index (κ1) is 19.4. The van der Waals surface area contributed by atoms with Crippen molar-refractivity contribution in [1.29, 1.82) is 0 Å². The highest BCUT2D eigenvalue weighted by atomic mass is 32.2. The number of benzene rings is 2. The lowest BCUT2D eigenvalue weighted by Crippen LogP contribution is -2.31. The van der Waals surface area contributed by atoms with Crippen LogP contribution in [0.25, 0.3) is 11.4 Å². The molecule has 3 aromatic rings. The molecule has 0 radical (unpaired) electrons. The molecule has 2 aromatic carbocycles. The van der Waals surface area contributed by atoms with Crippen LogP contribution in [0.15, 0.2) is 53.1 Å². The predicted molar refractivity (Wildman–Crippen MR) is 106 cm³/mol. The molecule has 1 aliphatic heterocycles. The average Bonchev–Trinajstić information content (AvgIpc) is 3.19. The van der Waals surface area contributed by atoms with Gasteiger partial charge in [-0.3, -0.25) is 0 Å². The van der Waals surface area contributed by atoms with Crippen molar-refractivity contribution in [2.45, 2.75) is 13.0 Å². The summed E-state index contributed by atoms with van der Waals surface area (Å²) in [6.07, 6.45) is 1.77. The predicted octanol–water partition coefficient (Wildman–Crippen LogP) is 2.51. The molecule has 1 aliphatic rings. The van der Waals surface area contributed by atoms with Crippen LogP contribution in [0.2, 0.25) is 0 Å². The molecule has 0 amide bonds. The van der Waals surface area contributed by atoms with Gasteiger partial charge in [0.1, 0.15) is 13.2 Å². The summed E-state index contributed by atoms with van der Waals surface area (Å²) < 4.78 is 42.1. The molecule has 0 spiro atoms. The third-order valence-corrected chi connectivity index (χ3v) is 5.79. The van der Waals surface area contributed by atoms with Crippen LogP contribution in [0.5, 0.6) is 11.5 Å². The Bertz CT molecular complexity index is 1080. The molecule has 1 aromatic heterocycles. The van der Waals surface area contributed by atoms with Gasteiger partial charge in [0.15, 0.2) is 11.5 Å². The molecular weight excluding hydrogens is 394 g/mol. The van der Waals surface area contributed by atoms with Crippen LogP contribution in [0, 0.1) is 0 Å². The quantitative estimate of drug-likeness (QED) is 0.585. The standard InChI is InChI=1S/C20H21N3O5S/c1-29(24,25)23(10-9-15-5-3-2-4-6-15)14-19-21-20(22-28-19)16-7-8-17-18(13-16)27-12-11-26-17/h2-8,13H,9-12,14H2,1H3. The molecule has 0 unspecified atom stereocenters. The van der Waals surface area contributed by atoms with E-state index in [1.54, 1.807) is 12.1 Å². The fourth-order valence-electron chi connectivity index (χ4n) is 3.03. The highest BCUT2D eigenvalue weighted by Crippen LogP contribution is 2.33. The van der Waals surface area contributed by atoms with Crippen molar-refractivity contribution in [3.8, 4) is 22.9 Å². The van der Waals surface area contributed by atoms with Gasteiger partial charge in [0, 0.05) is 12.1 Å². The molecule has 8 nitrogen and oxygen atoms in total. The third-order valence-electron chi connectivity index (χ3n) is 4.54. The normalized spacial score (nSPS) is 13.6. The Balaban J connectivity index is 1.48. The Morgan fingerprint density at radius 2 is 1.79 bits per heavy atom. The average molecular weight is 415 g/mol. The second-order valence-corrected chi connectivity index (χ2v) is 8.68. The zero-order chi connectivity index (χ0) is 20.3. The topological polar surface area (TPSA) is 94.8 Å². The Hall–Kier alpha value is -2.91. The van der Waals surface area contributed by atoms with E-state index < -0.39 is 10.0 Å². The maximum atomic E-state index is 12.2. The van der Waals surface area contributed by atoms with Crippen LogP contribution in [0.1, 0.15) is 11.5 Å². The summed E-state index contributed by atoms with van der Waals surface area (Å²) >= 11 is 0. The highest BCUT2D eigenvalue weighted by molar-refractivity contribution is 7.88. The smallest absolute Gasteiger partial charge is 0.242 e. The van der Waals surface area contributed by atoms with Gasteiger partial charge in [-0.05, 0) is 30.2 Å². The minimum absolute atomic E-state index is 0.0171. The second kappa shape index (κ2) is 8.22. The molecule has 0 bridgehead atoms. The SMILES string of the molecule is CS(=O)(=O)N(CCc1ccccc1)Cc1nc(-c2ccc3c(c2)OCCO3)no1. The number of aromatic nitrogens is 2. The van der Waals surface area contributed by atoms with E-state index in [0.717, 1.165) is 5.56 Å². The maximum absolute atomic E-state index is 12.2. The van der Waals surface area contributed by atoms with Crippen molar-refractivity contribution < 1.29 is 22.4 Å². The number of sulfonamides is 1. The molecule has 0 aliphatic carbocycles. The minimum Gasteiger partial charge on any atom is -0.486 e. The zero-order valence-corrected chi connectivity index (χ0v) is 16.8. The number of hydrogen-bond acceptors (Lipinski definition) is 7. The highest BCUT2D eigenvalue weighted by Gasteiger charge is 2.21. The summed E-state index contributed by atoms with van der Waals surface area (Å²) in [4.78, 5) is 4.36. The Kier molecular flexibility index (Phi) is 5.50. The van der Waals surface area contributed by atoms with Crippen LogP contribution >= 0.6 is 0 Å². The molecule has 9 heteroatoms. The molecule has 4 rings (SSSR count). The fourth-order valence-corrected chi connectivity index (χ4v) is 3.80. The van der Waals surface area contributed by atoms with Crippen molar-refractivity contribution in [2.24, 2.45) is 0 Å². The van der Waals surface area contributed by atoms with Crippen molar-refractivity contribution in [3.05, 3.63) is 60.0 Å². The first-order valence-corrected chi connectivity index (χ1v) is 11.1. The Morgan fingerprint density at radius 3 is 2.55 bits per heavy atom. The molecular formula is C20H21N3O5S. The van der Waals surface area contributed by atoms with Gasteiger partial charge in [-0.1, -0.05) is 35.5 Å². The third kappa shape index (κ3) is 4.75. The summed E-state index contributed by atoms with van der Waals surface area (Å²) in [7, 11) is -3.43. The molecule has 0 N–H and O–H groups in total. The maximum Gasteiger partial charge on any atom is 0.242 e. The fraction of sp³-hybridized carbons (Fsp3) is 0.300. The summed E-state index contributed by atoms with van der Waals surface area (Å²) in [5.74, 6) is 1.90. The Labute approximate surface area is 169 Å². The molecule has 2 heterocycles. The second-order valence-electron chi connectivity index (χ2n) is 6.70. The molecule has 0 atom stereocenters. The Morgan fingerprint density at radius 1 is 1.03 bits per heavy atom. The van der Waals surface area contributed by atoms with E-state index >= 15 is 0 Å². The van der Waals surface area contributed by atoms with Gasteiger partial charge in [0.05, 0.1) is 12.8 Å². The summed E-state index contributed by atoms with van der Waals surface area (Å²) in [5, 5.41) is 3.98. The van der Waals surface area contributed by atoms with Crippen molar-refractivity contribution in [1.82, 2.24) is 14.4 Å². The lowest BCUT2D eigenvalue weighted by molar-refractivity contribution is 0.171. The number of hydrogen-bond donors (Lipinski definition) is 0. The summed E-state index contributed by atoms with van der Waals surface area (Å²) in [5.41, 5.74) is 1.77. The molecule has 0 fully saturated rings. The van der Waals surface area contributed by atoms with Gasteiger partial charge in [-0.15, -0.1) is 0 Å². The molecule has 0 saturated carbocycles. The molecule has 0 saturated heterocycles. The van der Waals surface area contributed by atoms with Gasteiger partial charge in [-0.2, -0.15) is 9.29 Å². The van der Waals surface area contributed by atoms with E-state index in [9.17, 15) is 8.42 Å². The molecule has 152 valence electrons. The monoisotopic (exact) mass is 415 g/mol. The van der Waals surface area contributed by atoms with Gasteiger partial charge in [0.2, 0.25) is 21.7 Å². The zero-order valence-electron chi connectivity index (χ0n) is 15.9. The van der Waals surface area contributed by atoms with Crippen molar-refractivity contribution >= 4 is 10.0 Å². The summed E-state index contributed by atoms with van der Waals surface area (Å²) in [6.45, 7) is 1.34. The largest absolute Gasteiger partial charge is 0.486 e.